The lowest BCUT2D eigenvalue weighted by Gasteiger charge is -2.31. The zero-order valence-electron chi connectivity index (χ0n) is 13.2. The number of halogens is 3. The molecule has 2 N–H and O–H groups in total. The fraction of sp³-hybridized carbons (Fsp3) is 0.667. The number of hydrogen-bond donors (Lipinski definition) is 2. The molecule has 0 radical (unpaired) electrons. The van der Waals surface area contributed by atoms with Gasteiger partial charge in [0, 0.05) is 5.54 Å². The Morgan fingerprint density at radius 2 is 1.91 bits per heavy atom. The van der Waals surface area contributed by atoms with Crippen LogP contribution in [0.15, 0.2) is 16.5 Å². The average molecular weight is 321 g/mol. The largest absolute Gasteiger partial charge is 0.463 e. The lowest BCUT2D eigenvalue weighted by atomic mass is 9.93. The number of hydrogen-bond acceptors (Lipinski definition) is 3. The second kappa shape index (κ2) is 6.32. The molecule has 0 aromatic carbocycles. The summed E-state index contributed by atoms with van der Waals surface area (Å²) in [7, 11) is 0. The Labute approximate surface area is 127 Å². The molecule has 1 aromatic rings. The van der Waals surface area contributed by atoms with Crippen molar-refractivity contribution in [3.63, 3.8) is 0 Å². The van der Waals surface area contributed by atoms with Crippen LogP contribution in [0.25, 0.3) is 0 Å². The van der Waals surface area contributed by atoms with Gasteiger partial charge in [-0.05, 0) is 39.3 Å². The highest BCUT2D eigenvalue weighted by Crippen LogP contribution is 2.42. The van der Waals surface area contributed by atoms with E-state index in [0.717, 1.165) is 12.5 Å². The molecule has 1 amide bonds. The van der Waals surface area contributed by atoms with E-state index in [2.05, 4.69) is 5.32 Å². The van der Waals surface area contributed by atoms with Gasteiger partial charge in [-0.25, -0.2) is 0 Å². The maximum Gasteiger partial charge on any atom is 0.425 e. The first kappa shape index (κ1) is 18.5. The van der Waals surface area contributed by atoms with Crippen LogP contribution in [0.1, 0.15) is 51.6 Å². The van der Waals surface area contributed by atoms with Crippen LogP contribution in [-0.2, 0) is 10.4 Å². The van der Waals surface area contributed by atoms with E-state index in [9.17, 15) is 23.1 Å². The maximum atomic E-state index is 13.3. The molecule has 1 atom stereocenters. The Morgan fingerprint density at radius 3 is 2.32 bits per heavy atom. The van der Waals surface area contributed by atoms with Crippen molar-refractivity contribution >= 4 is 5.91 Å². The Bertz CT molecular complexity index is 522. The van der Waals surface area contributed by atoms with Crippen LogP contribution in [0.3, 0.4) is 0 Å². The molecule has 1 aromatic heterocycles. The molecule has 0 aliphatic rings. The number of carbonyl (C=O) groups is 1. The quantitative estimate of drug-likeness (QED) is 0.844. The van der Waals surface area contributed by atoms with E-state index in [-0.39, 0.29) is 5.76 Å². The van der Waals surface area contributed by atoms with E-state index in [0.29, 0.717) is 6.42 Å². The summed E-state index contributed by atoms with van der Waals surface area (Å²) in [6.07, 6.45) is -4.78. The first-order chi connectivity index (χ1) is 9.91. The molecule has 1 unspecified atom stereocenters. The molecule has 0 aliphatic carbocycles. The van der Waals surface area contributed by atoms with Crippen molar-refractivity contribution in [1.82, 2.24) is 5.32 Å². The number of alkyl halides is 3. The average Bonchev–Trinajstić information content (AvgIpc) is 2.73. The normalized spacial score (nSPS) is 15.5. The van der Waals surface area contributed by atoms with Crippen molar-refractivity contribution in [3.8, 4) is 0 Å². The van der Waals surface area contributed by atoms with E-state index < -0.39 is 35.4 Å². The molecule has 7 heteroatoms. The van der Waals surface area contributed by atoms with Crippen LogP contribution in [-0.4, -0.2) is 22.7 Å². The molecule has 0 bridgehead atoms. The van der Waals surface area contributed by atoms with Crippen LogP contribution in [0.5, 0.6) is 0 Å². The summed E-state index contributed by atoms with van der Waals surface area (Å²) >= 11 is 0. The molecular weight excluding hydrogens is 299 g/mol. The van der Waals surface area contributed by atoms with Gasteiger partial charge in [0.2, 0.25) is 11.5 Å². The van der Waals surface area contributed by atoms with Crippen molar-refractivity contribution in [1.29, 1.82) is 0 Å². The van der Waals surface area contributed by atoms with Crippen LogP contribution < -0.4 is 5.32 Å². The first-order valence-corrected chi connectivity index (χ1v) is 7.08. The molecule has 0 aliphatic heterocycles. The summed E-state index contributed by atoms with van der Waals surface area (Å²) in [5.74, 6) is -1.34. The van der Waals surface area contributed by atoms with Crippen molar-refractivity contribution in [2.45, 2.75) is 64.3 Å². The lowest BCUT2D eigenvalue weighted by molar-refractivity contribution is -0.273. The van der Waals surface area contributed by atoms with Gasteiger partial charge in [-0.2, -0.15) is 13.2 Å². The summed E-state index contributed by atoms with van der Waals surface area (Å²) in [4.78, 5) is 12.0. The summed E-state index contributed by atoms with van der Waals surface area (Å²) in [5.41, 5.74) is -3.98. The van der Waals surface area contributed by atoms with Crippen LogP contribution in [0.2, 0.25) is 0 Å². The summed E-state index contributed by atoms with van der Waals surface area (Å²) in [6, 6.07) is 2.35. The van der Waals surface area contributed by atoms with Gasteiger partial charge >= 0.3 is 6.18 Å². The molecule has 4 nitrogen and oxygen atoms in total. The fourth-order valence-corrected chi connectivity index (χ4v) is 2.33. The Kier molecular flexibility index (Phi) is 5.33. The maximum absolute atomic E-state index is 13.3. The van der Waals surface area contributed by atoms with Crippen molar-refractivity contribution in [3.05, 3.63) is 23.7 Å². The van der Waals surface area contributed by atoms with Gasteiger partial charge in [0.05, 0.1) is 6.42 Å². The van der Waals surface area contributed by atoms with E-state index in [1.807, 2.05) is 6.92 Å². The highest BCUT2D eigenvalue weighted by atomic mass is 19.4. The standard InChI is InChI=1S/C15H22F3NO3/c1-5-8-13(3,4)19-12(20)9-14(21,15(16,17)18)11-7-6-10(2)22-11/h6-7,21H,5,8-9H2,1-4H3,(H,19,20). The predicted octanol–water partition coefficient (Wildman–Crippen LogP) is 3.42. The zero-order chi connectivity index (χ0) is 17.2. The van der Waals surface area contributed by atoms with Gasteiger partial charge in [0.15, 0.2) is 0 Å². The fourth-order valence-electron chi connectivity index (χ4n) is 2.33. The van der Waals surface area contributed by atoms with Crippen LogP contribution in [0, 0.1) is 6.92 Å². The molecule has 126 valence electrons. The Morgan fingerprint density at radius 1 is 1.32 bits per heavy atom. The molecule has 0 saturated carbocycles. The third-order valence-electron chi connectivity index (χ3n) is 3.39. The number of nitrogens with one attached hydrogen (secondary N) is 1. The second-order valence-electron chi connectivity index (χ2n) is 6.13. The predicted molar refractivity (Wildman–Crippen MR) is 75.1 cm³/mol. The van der Waals surface area contributed by atoms with E-state index in [4.69, 9.17) is 4.42 Å². The van der Waals surface area contributed by atoms with Gasteiger partial charge in [0.25, 0.3) is 0 Å². The number of aryl methyl sites for hydroxylation is 1. The van der Waals surface area contributed by atoms with Gasteiger partial charge in [0.1, 0.15) is 11.5 Å². The number of amides is 1. The van der Waals surface area contributed by atoms with E-state index >= 15 is 0 Å². The topological polar surface area (TPSA) is 62.5 Å². The summed E-state index contributed by atoms with van der Waals surface area (Å²) in [5, 5.41) is 12.6. The number of furan rings is 1. The third-order valence-corrected chi connectivity index (χ3v) is 3.39. The van der Waals surface area contributed by atoms with Crippen molar-refractivity contribution < 1.29 is 27.5 Å². The SMILES string of the molecule is CCCC(C)(C)NC(=O)CC(O)(c1ccc(C)o1)C(F)(F)F. The number of carbonyl (C=O) groups excluding carboxylic acids is 1. The molecule has 0 fully saturated rings. The highest BCUT2D eigenvalue weighted by molar-refractivity contribution is 5.78. The third kappa shape index (κ3) is 4.25. The minimum atomic E-state index is -5.02. The van der Waals surface area contributed by atoms with Gasteiger partial charge in [-0.3, -0.25) is 4.79 Å². The van der Waals surface area contributed by atoms with Crippen LogP contribution >= 0.6 is 0 Å². The number of aliphatic hydroxyl groups is 1. The van der Waals surface area contributed by atoms with E-state index in [1.165, 1.54) is 13.0 Å². The molecule has 22 heavy (non-hydrogen) atoms. The van der Waals surface area contributed by atoms with E-state index in [1.54, 1.807) is 13.8 Å². The highest BCUT2D eigenvalue weighted by Gasteiger charge is 2.58. The minimum absolute atomic E-state index is 0.226. The molecule has 0 spiro atoms. The molecule has 1 heterocycles. The molecular formula is C15H22F3NO3. The monoisotopic (exact) mass is 321 g/mol. The van der Waals surface area contributed by atoms with Crippen molar-refractivity contribution in [2.75, 3.05) is 0 Å². The zero-order valence-corrected chi connectivity index (χ0v) is 13.2. The smallest absolute Gasteiger partial charge is 0.425 e. The Balaban J connectivity index is 2.99. The molecule has 0 saturated heterocycles. The summed E-state index contributed by atoms with van der Waals surface area (Å²) < 4.78 is 44.7. The van der Waals surface area contributed by atoms with Crippen molar-refractivity contribution in [2.24, 2.45) is 0 Å². The van der Waals surface area contributed by atoms with Gasteiger partial charge in [-0.15, -0.1) is 0 Å². The summed E-state index contributed by atoms with van der Waals surface area (Å²) in [6.45, 7) is 6.81. The van der Waals surface area contributed by atoms with Crippen LogP contribution in [0.4, 0.5) is 13.2 Å². The minimum Gasteiger partial charge on any atom is -0.463 e. The van der Waals surface area contributed by atoms with Gasteiger partial charge < -0.3 is 14.8 Å². The lowest BCUT2D eigenvalue weighted by Crippen LogP contribution is -2.50. The second-order valence-corrected chi connectivity index (χ2v) is 6.13. The first-order valence-electron chi connectivity index (χ1n) is 7.08. The molecule has 1 rings (SSSR count). The Hall–Kier alpha value is -1.50. The number of rotatable bonds is 6. The van der Waals surface area contributed by atoms with Gasteiger partial charge in [-0.1, -0.05) is 13.3 Å².